The minimum Gasteiger partial charge on any atom is -0.504 e. The molecule has 1 aromatic rings. The van der Waals surface area contributed by atoms with E-state index < -0.39 is 23.5 Å². The van der Waals surface area contributed by atoms with Crippen LogP contribution in [0, 0.1) is 11.7 Å². The van der Waals surface area contributed by atoms with Crippen LogP contribution < -0.4 is 4.74 Å². The van der Waals surface area contributed by atoms with Crippen molar-refractivity contribution in [3.05, 3.63) is 23.5 Å². The average Bonchev–Trinajstić information content (AvgIpc) is 2.55. The SMILES string of the molecule is CCCC1CCC(CC(=O)c2ccc(OCC)c(F)c2O)OC1=O. The highest BCUT2D eigenvalue weighted by molar-refractivity contribution is 5.99. The molecule has 1 N–H and O–H groups in total. The maximum Gasteiger partial charge on any atom is 0.309 e. The van der Waals surface area contributed by atoms with Crippen LogP contribution in [0.1, 0.15) is 56.3 Å². The van der Waals surface area contributed by atoms with Crippen molar-refractivity contribution < 1.29 is 28.6 Å². The summed E-state index contributed by atoms with van der Waals surface area (Å²) in [6, 6.07) is 2.65. The fraction of sp³-hybridized carbons (Fsp3) is 0.556. The summed E-state index contributed by atoms with van der Waals surface area (Å²) in [7, 11) is 0. The minimum absolute atomic E-state index is 0.0639. The Bertz CT molecular complexity index is 614. The summed E-state index contributed by atoms with van der Waals surface area (Å²) < 4.78 is 24.3. The van der Waals surface area contributed by atoms with Crippen LogP contribution in [-0.2, 0) is 9.53 Å². The van der Waals surface area contributed by atoms with E-state index in [0.29, 0.717) is 12.8 Å². The van der Waals surface area contributed by atoms with Gasteiger partial charge < -0.3 is 14.6 Å². The predicted molar refractivity (Wildman–Crippen MR) is 85.7 cm³/mol. The van der Waals surface area contributed by atoms with Gasteiger partial charge in [0.1, 0.15) is 6.10 Å². The first-order chi connectivity index (χ1) is 11.5. The van der Waals surface area contributed by atoms with Gasteiger partial charge in [0.25, 0.3) is 0 Å². The Balaban J connectivity index is 2.03. The number of Topliss-reactive ketones (excluding diaryl/α,β-unsaturated/α-hetero) is 1. The Hall–Kier alpha value is -2.11. The lowest BCUT2D eigenvalue weighted by molar-refractivity contribution is -0.160. The molecule has 0 spiro atoms. The molecule has 2 rings (SSSR count). The van der Waals surface area contributed by atoms with E-state index in [0.717, 1.165) is 12.8 Å². The Kier molecular flexibility index (Phi) is 6.17. The van der Waals surface area contributed by atoms with Crippen molar-refractivity contribution in [1.29, 1.82) is 0 Å². The number of aromatic hydroxyl groups is 1. The van der Waals surface area contributed by atoms with Gasteiger partial charge in [0.2, 0.25) is 5.82 Å². The van der Waals surface area contributed by atoms with Crippen molar-refractivity contribution >= 4 is 11.8 Å². The Morgan fingerprint density at radius 2 is 2.12 bits per heavy atom. The molecule has 132 valence electrons. The van der Waals surface area contributed by atoms with Gasteiger partial charge in [-0.1, -0.05) is 13.3 Å². The molecule has 6 heteroatoms. The first kappa shape index (κ1) is 18.2. The van der Waals surface area contributed by atoms with Gasteiger partial charge in [-0.2, -0.15) is 4.39 Å². The summed E-state index contributed by atoms with van der Waals surface area (Å²) in [5.74, 6) is -2.61. The molecule has 1 saturated heterocycles. The monoisotopic (exact) mass is 338 g/mol. The number of cyclic esters (lactones) is 1. The Morgan fingerprint density at radius 3 is 2.75 bits per heavy atom. The number of ether oxygens (including phenoxy) is 2. The molecule has 0 amide bonds. The molecule has 0 saturated carbocycles. The molecular weight excluding hydrogens is 315 g/mol. The quantitative estimate of drug-likeness (QED) is 0.607. The van der Waals surface area contributed by atoms with Crippen LogP contribution >= 0.6 is 0 Å². The molecule has 1 aliphatic heterocycles. The van der Waals surface area contributed by atoms with E-state index in [-0.39, 0.29) is 36.2 Å². The van der Waals surface area contributed by atoms with Gasteiger partial charge in [-0.05, 0) is 38.3 Å². The number of halogens is 1. The number of hydrogen-bond acceptors (Lipinski definition) is 5. The molecule has 1 aliphatic rings. The van der Waals surface area contributed by atoms with Gasteiger partial charge in [0.15, 0.2) is 17.3 Å². The van der Waals surface area contributed by atoms with Gasteiger partial charge in [-0.3, -0.25) is 9.59 Å². The van der Waals surface area contributed by atoms with Crippen LogP contribution in [0.25, 0.3) is 0 Å². The van der Waals surface area contributed by atoms with Crippen LogP contribution in [-0.4, -0.2) is 29.6 Å². The summed E-state index contributed by atoms with van der Waals surface area (Å²) in [4.78, 5) is 24.2. The number of ketones is 1. The lowest BCUT2D eigenvalue weighted by Gasteiger charge is -2.27. The lowest BCUT2D eigenvalue weighted by atomic mass is 9.91. The third-order valence-corrected chi connectivity index (χ3v) is 4.18. The highest BCUT2D eigenvalue weighted by Gasteiger charge is 2.31. The molecule has 0 aromatic heterocycles. The molecule has 1 fully saturated rings. The normalized spacial score (nSPS) is 20.5. The molecule has 1 heterocycles. The molecule has 5 nitrogen and oxygen atoms in total. The Labute approximate surface area is 140 Å². The van der Waals surface area contributed by atoms with Gasteiger partial charge in [0, 0.05) is 6.42 Å². The maximum atomic E-state index is 14.0. The van der Waals surface area contributed by atoms with Crippen LogP contribution in [0.4, 0.5) is 4.39 Å². The van der Waals surface area contributed by atoms with Gasteiger partial charge in [-0.15, -0.1) is 0 Å². The number of hydrogen-bond donors (Lipinski definition) is 1. The fourth-order valence-corrected chi connectivity index (χ4v) is 2.93. The van der Waals surface area contributed by atoms with E-state index in [2.05, 4.69) is 0 Å². The largest absolute Gasteiger partial charge is 0.504 e. The fourth-order valence-electron chi connectivity index (χ4n) is 2.93. The van der Waals surface area contributed by atoms with Crippen LogP contribution in [0.5, 0.6) is 11.5 Å². The highest BCUT2D eigenvalue weighted by atomic mass is 19.1. The van der Waals surface area contributed by atoms with Gasteiger partial charge in [0.05, 0.1) is 18.1 Å². The van der Waals surface area contributed by atoms with E-state index in [1.165, 1.54) is 12.1 Å². The summed E-state index contributed by atoms with van der Waals surface area (Å²) in [5, 5.41) is 9.89. The number of carbonyl (C=O) groups excluding carboxylic acids is 2. The minimum atomic E-state index is -0.952. The standard InChI is InChI=1S/C18H23FO5/c1-3-5-11-6-7-12(24-18(11)22)10-14(20)13-8-9-15(23-4-2)16(19)17(13)21/h8-9,11-12,21H,3-7,10H2,1-2H3. The topological polar surface area (TPSA) is 72.8 Å². The number of carbonyl (C=O) groups is 2. The first-order valence-corrected chi connectivity index (χ1v) is 8.35. The summed E-state index contributed by atoms with van der Waals surface area (Å²) in [6.07, 6.45) is 2.39. The molecule has 2 atom stereocenters. The zero-order valence-electron chi connectivity index (χ0n) is 14.0. The zero-order valence-corrected chi connectivity index (χ0v) is 14.0. The number of rotatable bonds is 7. The highest BCUT2D eigenvalue weighted by Crippen LogP contribution is 2.32. The number of phenolic OH excluding ortho intramolecular Hbond substituents is 1. The van der Waals surface area contributed by atoms with Crippen molar-refractivity contribution in [3.8, 4) is 11.5 Å². The average molecular weight is 338 g/mol. The second-order valence-electron chi connectivity index (χ2n) is 5.96. The number of esters is 1. The smallest absolute Gasteiger partial charge is 0.309 e. The predicted octanol–water partition coefficient (Wildman–Crippen LogP) is 3.62. The molecule has 0 radical (unpaired) electrons. The van der Waals surface area contributed by atoms with Crippen LogP contribution in [0.3, 0.4) is 0 Å². The van der Waals surface area contributed by atoms with Crippen molar-refractivity contribution in [1.82, 2.24) is 0 Å². The van der Waals surface area contributed by atoms with Crippen molar-refractivity contribution in [2.45, 2.75) is 52.1 Å². The third-order valence-electron chi connectivity index (χ3n) is 4.18. The van der Waals surface area contributed by atoms with Gasteiger partial charge >= 0.3 is 5.97 Å². The van der Waals surface area contributed by atoms with E-state index >= 15 is 0 Å². The Morgan fingerprint density at radius 1 is 1.38 bits per heavy atom. The first-order valence-electron chi connectivity index (χ1n) is 8.35. The van der Waals surface area contributed by atoms with Crippen LogP contribution in [0.2, 0.25) is 0 Å². The number of benzene rings is 1. The van der Waals surface area contributed by atoms with E-state index in [1.807, 2.05) is 6.92 Å². The molecule has 1 aromatic carbocycles. The van der Waals surface area contributed by atoms with Crippen molar-refractivity contribution in [2.75, 3.05) is 6.61 Å². The molecule has 0 aliphatic carbocycles. The maximum absolute atomic E-state index is 14.0. The summed E-state index contributed by atoms with van der Waals surface area (Å²) in [5.41, 5.74) is -0.123. The molecule has 0 bridgehead atoms. The van der Waals surface area contributed by atoms with Crippen molar-refractivity contribution in [3.63, 3.8) is 0 Å². The van der Waals surface area contributed by atoms with E-state index in [4.69, 9.17) is 9.47 Å². The van der Waals surface area contributed by atoms with Gasteiger partial charge in [-0.25, -0.2) is 0 Å². The lowest BCUT2D eigenvalue weighted by Crippen LogP contribution is -2.32. The van der Waals surface area contributed by atoms with E-state index in [9.17, 15) is 19.1 Å². The molecule has 24 heavy (non-hydrogen) atoms. The summed E-state index contributed by atoms with van der Waals surface area (Å²) >= 11 is 0. The number of phenols is 1. The second-order valence-corrected chi connectivity index (χ2v) is 5.96. The summed E-state index contributed by atoms with van der Waals surface area (Å²) in [6.45, 7) is 3.95. The van der Waals surface area contributed by atoms with Crippen molar-refractivity contribution in [2.24, 2.45) is 5.92 Å². The third kappa shape index (κ3) is 4.04. The molecule has 2 unspecified atom stereocenters. The van der Waals surface area contributed by atoms with E-state index in [1.54, 1.807) is 6.92 Å². The zero-order chi connectivity index (χ0) is 17.7. The molecular formula is C18H23FO5. The second kappa shape index (κ2) is 8.13. The van der Waals surface area contributed by atoms with Crippen LogP contribution in [0.15, 0.2) is 12.1 Å².